The largest absolute Gasteiger partial charge is 0.366 e. The predicted octanol–water partition coefficient (Wildman–Crippen LogP) is 1.96. The van der Waals surface area contributed by atoms with Gasteiger partial charge in [-0.15, -0.1) is 0 Å². The van der Waals surface area contributed by atoms with Gasteiger partial charge in [0.05, 0.1) is 0 Å². The van der Waals surface area contributed by atoms with Crippen molar-refractivity contribution in [3.8, 4) is 0 Å². The van der Waals surface area contributed by atoms with Crippen molar-refractivity contribution in [1.29, 1.82) is 0 Å². The van der Waals surface area contributed by atoms with E-state index in [0.717, 1.165) is 35.7 Å². The van der Waals surface area contributed by atoms with Gasteiger partial charge in [-0.1, -0.05) is 6.07 Å². The molecule has 0 saturated heterocycles. The van der Waals surface area contributed by atoms with Gasteiger partial charge in [0.25, 0.3) is 0 Å². The van der Waals surface area contributed by atoms with Crippen LogP contribution in [0.1, 0.15) is 35.8 Å². The van der Waals surface area contributed by atoms with Crippen LogP contribution in [0, 0.1) is 6.92 Å². The van der Waals surface area contributed by atoms with E-state index >= 15 is 0 Å². The molecule has 4 N–H and O–H groups in total. The number of rotatable bonds is 5. The lowest BCUT2D eigenvalue weighted by atomic mass is 10.2. The maximum Gasteiger partial charge on any atom is 0.145 e. The first-order chi connectivity index (χ1) is 9.74. The smallest absolute Gasteiger partial charge is 0.145 e. The number of anilines is 2. The third-order valence-electron chi connectivity index (χ3n) is 3.28. The number of nitrogens with one attached hydrogen (secondary N) is 2. The molecule has 0 unspecified atom stereocenters. The maximum absolute atomic E-state index is 5.45. The summed E-state index contributed by atoms with van der Waals surface area (Å²) in [6, 6.07) is 5.87. The van der Waals surface area contributed by atoms with Crippen LogP contribution < -0.4 is 16.6 Å². The molecule has 3 rings (SSSR count). The monoisotopic (exact) mass is 270 g/mol. The molecule has 2 heterocycles. The molecule has 0 aromatic carbocycles. The Bertz CT molecular complexity index is 591. The van der Waals surface area contributed by atoms with E-state index in [1.807, 2.05) is 25.3 Å². The molecule has 1 fully saturated rings. The van der Waals surface area contributed by atoms with E-state index in [1.165, 1.54) is 0 Å². The third-order valence-corrected chi connectivity index (χ3v) is 3.28. The second-order valence-corrected chi connectivity index (χ2v) is 5.08. The predicted molar refractivity (Wildman–Crippen MR) is 78.1 cm³/mol. The highest BCUT2D eigenvalue weighted by atomic mass is 15.3. The molecule has 1 aliphatic rings. The molecule has 104 valence electrons. The fourth-order valence-electron chi connectivity index (χ4n) is 1.95. The molecule has 0 spiro atoms. The normalized spacial score (nSPS) is 14.1. The summed E-state index contributed by atoms with van der Waals surface area (Å²) in [5, 5.41) is 3.29. The zero-order valence-electron chi connectivity index (χ0n) is 11.4. The van der Waals surface area contributed by atoms with Gasteiger partial charge < -0.3 is 10.7 Å². The lowest BCUT2D eigenvalue weighted by Gasteiger charge is -2.09. The molecule has 0 aliphatic heterocycles. The summed E-state index contributed by atoms with van der Waals surface area (Å²) in [7, 11) is 0. The molecular formula is C14H18N6. The van der Waals surface area contributed by atoms with Crippen molar-refractivity contribution < 1.29 is 0 Å². The van der Waals surface area contributed by atoms with Gasteiger partial charge in [0.15, 0.2) is 0 Å². The molecule has 0 atom stereocenters. The zero-order valence-corrected chi connectivity index (χ0v) is 11.4. The maximum atomic E-state index is 5.45. The highest BCUT2D eigenvalue weighted by molar-refractivity contribution is 5.47. The molecule has 1 saturated carbocycles. The molecule has 1 aliphatic carbocycles. The summed E-state index contributed by atoms with van der Waals surface area (Å²) in [6.45, 7) is 2.65. The number of hydrogen-bond donors (Lipinski definition) is 3. The van der Waals surface area contributed by atoms with E-state index in [9.17, 15) is 0 Å². The number of pyridine rings is 1. The van der Waals surface area contributed by atoms with Crippen molar-refractivity contribution in [2.45, 2.75) is 32.2 Å². The number of hydrogen-bond acceptors (Lipinski definition) is 6. The van der Waals surface area contributed by atoms with Crippen molar-refractivity contribution in [3.63, 3.8) is 0 Å². The summed E-state index contributed by atoms with van der Waals surface area (Å²) in [4.78, 5) is 13.2. The molecule has 6 heteroatoms. The first-order valence-electron chi connectivity index (χ1n) is 6.75. The van der Waals surface area contributed by atoms with E-state index in [-0.39, 0.29) is 0 Å². The summed E-state index contributed by atoms with van der Waals surface area (Å²) < 4.78 is 0. The average Bonchev–Trinajstić information content (AvgIpc) is 3.31. The summed E-state index contributed by atoms with van der Waals surface area (Å²) in [5.41, 5.74) is 4.72. The van der Waals surface area contributed by atoms with Crippen LogP contribution in [0.3, 0.4) is 0 Å². The Kier molecular flexibility index (Phi) is 3.47. The van der Waals surface area contributed by atoms with Gasteiger partial charge in [-0.25, -0.2) is 15.8 Å². The van der Waals surface area contributed by atoms with Gasteiger partial charge in [-0.3, -0.25) is 4.98 Å². The quantitative estimate of drug-likeness (QED) is 0.568. The van der Waals surface area contributed by atoms with Crippen molar-refractivity contribution in [3.05, 3.63) is 41.5 Å². The Morgan fingerprint density at radius 3 is 2.70 bits per heavy atom. The number of nitrogens with zero attached hydrogens (tertiary/aromatic N) is 3. The molecule has 6 nitrogen and oxygen atoms in total. The van der Waals surface area contributed by atoms with Crippen molar-refractivity contribution >= 4 is 11.6 Å². The van der Waals surface area contributed by atoms with Crippen molar-refractivity contribution in [1.82, 2.24) is 15.0 Å². The minimum atomic E-state index is 0.491. The van der Waals surface area contributed by atoms with Gasteiger partial charge in [-0.2, -0.15) is 0 Å². The number of hydrazine groups is 1. The van der Waals surface area contributed by atoms with E-state index in [1.54, 1.807) is 0 Å². The van der Waals surface area contributed by atoms with Gasteiger partial charge in [0.2, 0.25) is 0 Å². The second kappa shape index (κ2) is 5.42. The zero-order chi connectivity index (χ0) is 13.9. The Labute approximate surface area is 117 Å². The molecule has 20 heavy (non-hydrogen) atoms. The Hall–Kier alpha value is -2.21. The molecule has 0 bridgehead atoms. The lowest BCUT2D eigenvalue weighted by Crippen LogP contribution is -2.12. The van der Waals surface area contributed by atoms with Crippen LogP contribution >= 0.6 is 0 Å². The van der Waals surface area contributed by atoms with Gasteiger partial charge in [0, 0.05) is 30.4 Å². The van der Waals surface area contributed by atoms with Crippen LogP contribution in [0.4, 0.5) is 11.6 Å². The second-order valence-electron chi connectivity index (χ2n) is 5.08. The number of aryl methyl sites for hydroxylation is 1. The van der Waals surface area contributed by atoms with E-state index < -0.39 is 0 Å². The Morgan fingerprint density at radius 2 is 2.05 bits per heavy atom. The van der Waals surface area contributed by atoms with Crippen molar-refractivity contribution in [2.75, 3.05) is 10.7 Å². The van der Waals surface area contributed by atoms with E-state index in [2.05, 4.69) is 31.8 Å². The van der Waals surface area contributed by atoms with Crippen LogP contribution in [0.5, 0.6) is 0 Å². The van der Waals surface area contributed by atoms with E-state index in [0.29, 0.717) is 18.3 Å². The van der Waals surface area contributed by atoms with Crippen LogP contribution in [0.25, 0.3) is 0 Å². The summed E-state index contributed by atoms with van der Waals surface area (Å²) in [6.07, 6.45) is 4.19. The molecule has 0 amide bonds. The average molecular weight is 270 g/mol. The van der Waals surface area contributed by atoms with Gasteiger partial charge >= 0.3 is 0 Å². The van der Waals surface area contributed by atoms with Gasteiger partial charge in [0.1, 0.15) is 17.5 Å². The number of nitrogens with two attached hydrogens (primary N) is 1. The van der Waals surface area contributed by atoms with Crippen molar-refractivity contribution in [2.24, 2.45) is 5.84 Å². The topological polar surface area (TPSA) is 88.8 Å². The summed E-state index contributed by atoms with van der Waals surface area (Å²) in [5.74, 6) is 8.24. The summed E-state index contributed by atoms with van der Waals surface area (Å²) >= 11 is 0. The molecule has 0 radical (unpaired) electrons. The van der Waals surface area contributed by atoms with Crippen LogP contribution in [-0.4, -0.2) is 15.0 Å². The SMILES string of the molecule is Cc1ccc(CNc2cc(NN)nc(C3CC3)n2)cn1. The fourth-order valence-corrected chi connectivity index (χ4v) is 1.95. The lowest BCUT2D eigenvalue weighted by molar-refractivity contribution is 0.919. The molecule has 2 aromatic rings. The van der Waals surface area contributed by atoms with Crippen LogP contribution in [0.2, 0.25) is 0 Å². The standard InChI is InChI=1S/C14H18N6/c1-9-2-3-10(7-16-9)8-17-12-6-13(20-15)19-14(18-12)11-4-5-11/h2-3,6-7,11H,4-5,8,15H2,1H3,(H2,17,18,19,20). The minimum Gasteiger partial charge on any atom is -0.366 e. The Balaban J connectivity index is 1.72. The molecular weight excluding hydrogens is 252 g/mol. The highest BCUT2D eigenvalue weighted by Crippen LogP contribution is 2.38. The first kappa shape index (κ1) is 12.8. The first-order valence-corrected chi connectivity index (χ1v) is 6.75. The van der Waals surface area contributed by atoms with Gasteiger partial charge in [-0.05, 0) is 31.4 Å². The third kappa shape index (κ3) is 3.03. The Morgan fingerprint density at radius 1 is 1.25 bits per heavy atom. The minimum absolute atomic E-state index is 0.491. The fraction of sp³-hybridized carbons (Fsp3) is 0.357. The highest BCUT2D eigenvalue weighted by Gasteiger charge is 2.27. The molecule has 2 aromatic heterocycles. The van der Waals surface area contributed by atoms with E-state index in [4.69, 9.17) is 5.84 Å². The number of aromatic nitrogens is 3. The number of nitrogen functional groups attached to an aromatic ring is 1. The van der Waals surface area contributed by atoms with Crippen LogP contribution in [0.15, 0.2) is 24.4 Å². The van der Waals surface area contributed by atoms with Crippen LogP contribution in [-0.2, 0) is 6.54 Å².